The number of ether oxygens (including phenoxy) is 2. The molecule has 0 bridgehead atoms. The molecule has 2 rings (SSSR count). The van der Waals surface area contributed by atoms with Crippen molar-refractivity contribution in [1.82, 2.24) is 10.6 Å². The molecule has 0 aromatic rings. The Labute approximate surface area is 134 Å². The second-order valence-corrected chi connectivity index (χ2v) is 7.92. The van der Waals surface area contributed by atoms with Gasteiger partial charge in [0, 0.05) is 18.6 Å². The maximum Gasteiger partial charge on any atom is 0.407 e. The van der Waals surface area contributed by atoms with Crippen LogP contribution in [0.25, 0.3) is 0 Å². The second-order valence-electron chi connectivity index (χ2n) is 7.92. The third-order valence-electron chi connectivity index (χ3n) is 4.22. The number of alkyl carbamates (subject to hydrolysis) is 1. The summed E-state index contributed by atoms with van der Waals surface area (Å²) < 4.78 is 11.1. The first-order valence-corrected chi connectivity index (χ1v) is 8.61. The summed E-state index contributed by atoms with van der Waals surface area (Å²) in [6.07, 6.45) is 4.77. The average molecular weight is 312 g/mol. The molecule has 1 saturated heterocycles. The third-order valence-corrected chi connectivity index (χ3v) is 4.22. The number of hydrogen-bond donors (Lipinski definition) is 2. The van der Waals surface area contributed by atoms with Gasteiger partial charge in [0.15, 0.2) is 0 Å². The molecule has 0 spiro atoms. The fourth-order valence-electron chi connectivity index (χ4n) is 3.16. The first kappa shape index (κ1) is 17.5. The highest BCUT2D eigenvalue weighted by atomic mass is 16.6. The Hall–Kier alpha value is -0.810. The van der Waals surface area contributed by atoms with Crippen molar-refractivity contribution < 1.29 is 14.3 Å². The summed E-state index contributed by atoms with van der Waals surface area (Å²) >= 11 is 0. The van der Waals surface area contributed by atoms with Crippen molar-refractivity contribution in [3.63, 3.8) is 0 Å². The molecule has 1 heterocycles. The predicted octanol–water partition coefficient (Wildman–Crippen LogP) is 2.84. The van der Waals surface area contributed by atoms with E-state index in [1.807, 2.05) is 20.8 Å². The van der Waals surface area contributed by atoms with Crippen molar-refractivity contribution in [2.24, 2.45) is 5.92 Å². The van der Waals surface area contributed by atoms with Crippen molar-refractivity contribution in [3.05, 3.63) is 0 Å². The summed E-state index contributed by atoms with van der Waals surface area (Å²) in [5.41, 5.74) is -0.447. The molecule has 0 radical (unpaired) electrons. The molecule has 3 atom stereocenters. The molecule has 2 N–H and O–H groups in total. The lowest BCUT2D eigenvalue weighted by atomic mass is 9.99. The Morgan fingerprint density at radius 2 is 1.82 bits per heavy atom. The smallest absolute Gasteiger partial charge is 0.407 e. The summed E-state index contributed by atoms with van der Waals surface area (Å²) in [7, 11) is 0. The molecule has 2 aliphatic rings. The molecule has 1 amide bonds. The Balaban J connectivity index is 1.78. The highest BCUT2D eigenvalue weighted by Crippen LogP contribution is 2.32. The fourth-order valence-corrected chi connectivity index (χ4v) is 3.16. The Morgan fingerprint density at radius 3 is 2.32 bits per heavy atom. The Bertz CT molecular complexity index is 367. The molecule has 5 nitrogen and oxygen atoms in total. The molecule has 128 valence electrons. The van der Waals surface area contributed by atoms with E-state index in [2.05, 4.69) is 24.5 Å². The van der Waals surface area contributed by atoms with Gasteiger partial charge in [0.25, 0.3) is 0 Å². The van der Waals surface area contributed by atoms with Crippen LogP contribution in [0.4, 0.5) is 4.79 Å². The Kier molecular flexibility index (Phi) is 5.72. The van der Waals surface area contributed by atoms with E-state index in [0.29, 0.717) is 24.2 Å². The van der Waals surface area contributed by atoms with E-state index in [1.165, 1.54) is 12.8 Å². The van der Waals surface area contributed by atoms with Crippen LogP contribution in [0.3, 0.4) is 0 Å². The standard InChI is InChI=1S/C17H32N2O3/c1-11-8-14(9-12(2)21-11)18-10-15(13-6-7-13)19-16(20)22-17(3,4)5/h11-15,18H,6-10H2,1-5H3,(H,19,20). The molecule has 5 heteroatoms. The zero-order chi connectivity index (χ0) is 16.3. The molecule has 1 aliphatic heterocycles. The quantitative estimate of drug-likeness (QED) is 0.819. The minimum Gasteiger partial charge on any atom is -0.444 e. The first-order valence-electron chi connectivity index (χ1n) is 8.61. The van der Waals surface area contributed by atoms with Crippen LogP contribution in [0.15, 0.2) is 0 Å². The molecule has 2 fully saturated rings. The largest absolute Gasteiger partial charge is 0.444 e. The van der Waals surface area contributed by atoms with Crippen LogP contribution in [0.1, 0.15) is 60.3 Å². The lowest BCUT2D eigenvalue weighted by Crippen LogP contribution is -2.49. The summed E-state index contributed by atoms with van der Waals surface area (Å²) in [6, 6.07) is 0.642. The van der Waals surface area contributed by atoms with Gasteiger partial charge in [-0.1, -0.05) is 0 Å². The minimum atomic E-state index is -0.447. The fraction of sp³-hybridized carbons (Fsp3) is 0.941. The molecular weight excluding hydrogens is 280 g/mol. The van der Waals surface area contributed by atoms with E-state index in [0.717, 1.165) is 19.4 Å². The second kappa shape index (κ2) is 7.18. The van der Waals surface area contributed by atoms with E-state index >= 15 is 0 Å². The van der Waals surface area contributed by atoms with Gasteiger partial charge in [0.1, 0.15) is 5.60 Å². The molecule has 0 aromatic carbocycles. The van der Waals surface area contributed by atoms with Crippen LogP contribution in [0.2, 0.25) is 0 Å². The number of amides is 1. The molecule has 22 heavy (non-hydrogen) atoms. The normalized spacial score (nSPS) is 30.7. The van der Waals surface area contributed by atoms with E-state index in [1.54, 1.807) is 0 Å². The molecule has 1 saturated carbocycles. The molecule has 1 aliphatic carbocycles. The minimum absolute atomic E-state index is 0.170. The van der Waals surface area contributed by atoms with Crippen molar-refractivity contribution in [1.29, 1.82) is 0 Å². The average Bonchev–Trinajstić information content (AvgIpc) is 3.15. The summed E-state index contributed by atoms with van der Waals surface area (Å²) in [5, 5.41) is 6.66. The lowest BCUT2D eigenvalue weighted by molar-refractivity contribution is -0.0423. The van der Waals surface area contributed by atoms with Gasteiger partial charge in [-0.3, -0.25) is 0 Å². The van der Waals surface area contributed by atoms with Crippen LogP contribution < -0.4 is 10.6 Å². The SMILES string of the molecule is CC1CC(NCC(NC(=O)OC(C)(C)C)C2CC2)CC(C)O1. The van der Waals surface area contributed by atoms with Crippen molar-refractivity contribution in [3.8, 4) is 0 Å². The van der Waals surface area contributed by atoms with Gasteiger partial charge >= 0.3 is 6.09 Å². The zero-order valence-electron chi connectivity index (χ0n) is 14.6. The van der Waals surface area contributed by atoms with E-state index in [4.69, 9.17) is 9.47 Å². The summed E-state index contributed by atoms with van der Waals surface area (Å²) in [4.78, 5) is 12.0. The van der Waals surface area contributed by atoms with Crippen molar-refractivity contribution >= 4 is 6.09 Å². The number of rotatable bonds is 5. The highest BCUT2D eigenvalue weighted by Gasteiger charge is 2.34. The van der Waals surface area contributed by atoms with Crippen molar-refractivity contribution in [2.45, 2.75) is 90.2 Å². The maximum atomic E-state index is 12.0. The van der Waals surface area contributed by atoms with E-state index in [-0.39, 0.29) is 12.1 Å². The zero-order valence-corrected chi connectivity index (χ0v) is 14.6. The van der Waals surface area contributed by atoms with E-state index in [9.17, 15) is 4.79 Å². The first-order chi connectivity index (χ1) is 10.2. The maximum absolute atomic E-state index is 12.0. The molecule has 0 aromatic heterocycles. The van der Waals surface area contributed by atoms with Crippen LogP contribution in [0, 0.1) is 5.92 Å². The third kappa shape index (κ3) is 6.13. The number of carbonyl (C=O) groups is 1. The van der Waals surface area contributed by atoms with Gasteiger partial charge < -0.3 is 20.1 Å². The van der Waals surface area contributed by atoms with Crippen LogP contribution >= 0.6 is 0 Å². The molecular formula is C17H32N2O3. The van der Waals surface area contributed by atoms with Gasteiger partial charge in [-0.05, 0) is 66.2 Å². The topological polar surface area (TPSA) is 59.6 Å². The monoisotopic (exact) mass is 312 g/mol. The number of carbonyl (C=O) groups excluding carboxylic acids is 1. The van der Waals surface area contributed by atoms with Gasteiger partial charge in [0.05, 0.1) is 12.2 Å². The number of hydrogen-bond acceptors (Lipinski definition) is 4. The summed E-state index contributed by atoms with van der Waals surface area (Å²) in [5.74, 6) is 0.592. The van der Waals surface area contributed by atoms with Gasteiger partial charge in [-0.2, -0.15) is 0 Å². The van der Waals surface area contributed by atoms with Crippen LogP contribution in [0.5, 0.6) is 0 Å². The summed E-state index contributed by atoms with van der Waals surface area (Å²) in [6.45, 7) is 10.7. The molecule has 3 unspecified atom stereocenters. The van der Waals surface area contributed by atoms with Gasteiger partial charge in [-0.25, -0.2) is 4.79 Å². The Morgan fingerprint density at radius 1 is 1.23 bits per heavy atom. The van der Waals surface area contributed by atoms with E-state index < -0.39 is 5.60 Å². The lowest BCUT2D eigenvalue weighted by Gasteiger charge is -2.34. The van der Waals surface area contributed by atoms with Gasteiger partial charge in [0.2, 0.25) is 0 Å². The van der Waals surface area contributed by atoms with Crippen molar-refractivity contribution in [2.75, 3.05) is 6.54 Å². The van der Waals surface area contributed by atoms with Crippen LogP contribution in [-0.2, 0) is 9.47 Å². The van der Waals surface area contributed by atoms with Gasteiger partial charge in [-0.15, -0.1) is 0 Å². The predicted molar refractivity (Wildman–Crippen MR) is 86.9 cm³/mol. The highest BCUT2D eigenvalue weighted by molar-refractivity contribution is 5.68. The van der Waals surface area contributed by atoms with Crippen LogP contribution in [-0.4, -0.2) is 42.5 Å². The number of nitrogens with one attached hydrogen (secondary N) is 2.